The molecule has 3 saturated heterocycles. The first kappa shape index (κ1) is 30.2. The van der Waals surface area contributed by atoms with Gasteiger partial charge in [0.15, 0.2) is 5.82 Å². The summed E-state index contributed by atoms with van der Waals surface area (Å²) < 4.78 is 43.4. The molecule has 9 rings (SSSR count). The summed E-state index contributed by atoms with van der Waals surface area (Å²) in [6, 6.07) is 12.0. The number of alkyl carbamates (subject to hydrolysis) is 1. The molecule has 0 aliphatic carbocycles. The fourth-order valence-electron chi connectivity index (χ4n) is 8.37. The van der Waals surface area contributed by atoms with Crippen molar-refractivity contribution in [2.45, 2.75) is 75.5 Å². The minimum absolute atomic E-state index is 0. The van der Waals surface area contributed by atoms with E-state index < -0.39 is 29.2 Å². The van der Waals surface area contributed by atoms with Gasteiger partial charge >= 0.3 is 12.1 Å². The van der Waals surface area contributed by atoms with Crippen molar-refractivity contribution in [2.75, 3.05) is 44.3 Å². The van der Waals surface area contributed by atoms with Crippen LogP contribution in [-0.4, -0.2) is 82.6 Å². The highest BCUT2D eigenvalue weighted by molar-refractivity contribution is 6.00. The van der Waals surface area contributed by atoms with Crippen LogP contribution in [0.4, 0.5) is 19.4 Å². The van der Waals surface area contributed by atoms with Gasteiger partial charge < -0.3 is 19.7 Å². The first-order chi connectivity index (χ1) is 22.8. The highest BCUT2D eigenvalue weighted by Crippen LogP contribution is 2.41. The number of benzene rings is 2. The summed E-state index contributed by atoms with van der Waals surface area (Å²) in [7, 11) is 0. The van der Waals surface area contributed by atoms with Crippen LogP contribution in [0.5, 0.6) is 6.01 Å². The number of alkyl halides is 1. The number of fused-ring (bicyclic) bond motifs is 8. The molecular weight excluding hydrogens is 602 g/mol. The van der Waals surface area contributed by atoms with Crippen molar-refractivity contribution in [3.05, 3.63) is 54.0 Å². The van der Waals surface area contributed by atoms with Crippen molar-refractivity contribution in [3.63, 3.8) is 0 Å². The van der Waals surface area contributed by atoms with E-state index in [2.05, 4.69) is 21.3 Å². The average molecular weight is 645 g/mol. The Morgan fingerprint density at radius 3 is 2.85 bits per heavy atom. The molecule has 0 saturated carbocycles. The topological polar surface area (TPSA) is 92.7 Å². The van der Waals surface area contributed by atoms with Gasteiger partial charge in [0.05, 0.1) is 23.1 Å². The number of piperidine rings is 1. The molecule has 7 heterocycles. The van der Waals surface area contributed by atoms with Crippen LogP contribution in [0.25, 0.3) is 32.9 Å². The van der Waals surface area contributed by atoms with Crippen molar-refractivity contribution >= 4 is 33.6 Å². The quantitative estimate of drug-likeness (QED) is 0.267. The van der Waals surface area contributed by atoms with Crippen molar-refractivity contribution < 1.29 is 24.5 Å². The van der Waals surface area contributed by atoms with E-state index in [9.17, 15) is 9.18 Å². The molecule has 248 valence electrons. The van der Waals surface area contributed by atoms with Gasteiger partial charge in [0.25, 0.3) is 0 Å². The van der Waals surface area contributed by atoms with Crippen LogP contribution in [0.3, 0.4) is 0 Å². The van der Waals surface area contributed by atoms with E-state index in [1.54, 1.807) is 6.20 Å². The van der Waals surface area contributed by atoms with E-state index in [0.717, 1.165) is 61.4 Å². The summed E-state index contributed by atoms with van der Waals surface area (Å²) in [6.07, 6.45) is 6.34. The molecule has 5 aliphatic rings. The maximum absolute atomic E-state index is 17.0. The first-order valence-corrected chi connectivity index (χ1v) is 16.9. The Hall–Kier alpha value is -4.12. The van der Waals surface area contributed by atoms with Crippen LogP contribution in [-0.2, 0) is 11.2 Å². The Bertz CT molecular complexity index is 1860. The smallest absolute Gasteiger partial charge is 0.407 e. The molecule has 47 heavy (non-hydrogen) atoms. The third-order valence-electron chi connectivity index (χ3n) is 10.6. The Kier molecular flexibility index (Phi) is 7.62. The number of nitrogens with one attached hydrogen (secondary N) is 1. The molecule has 0 spiro atoms. The van der Waals surface area contributed by atoms with E-state index in [1.807, 2.05) is 42.2 Å². The maximum atomic E-state index is 17.0. The van der Waals surface area contributed by atoms with Crippen LogP contribution in [0.1, 0.15) is 58.9 Å². The number of ether oxygens (including phenoxy) is 2. The maximum Gasteiger partial charge on any atom is 0.407 e. The second kappa shape index (κ2) is 11.8. The Morgan fingerprint density at radius 2 is 1.96 bits per heavy atom. The van der Waals surface area contributed by atoms with Crippen molar-refractivity contribution in [2.24, 2.45) is 0 Å². The lowest BCUT2D eigenvalue weighted by atomic mass is 9.91. The molecule has 0 radical (unpaired) electrons. The molecule has 1 amide bonds. The SMILES string of the molecule is C[C@@]12CCCN(C1)c1nc(OC[C@@]34CCCN3C[C@H](F)C4)nc3c(F)c(ncc13)-c1cccc3cccc(c13)CCCCOC(=O)N2.[HH]. The van der Waals surface area contributed by atoms with Gasteiger partial charge in [0.1, 0.15) is 29.8 Å². The Labute approximate surface area is 274 Å². The minimum atomic E-state index is -0.894. The predicted molar refractivity (Wildman–Crippen MR) is 178 cm³/mol. The largest absolute Gasteiger partial charge is 0.461 e. The zero-order valence-corrected chi connectivity index (χ0v) is 26.7. The van der Waals surface area contributed by atoms with Crippen molar-refractivity contribution in [1.82, 2.24) is 25.2 Å². The monoisotopic (exact) mass is 644 g/mol. The molecular formula is C36H42F2N6O3. The molecule has 2 aromatic heterocycles. The summed E-state index contributed by atoms with van der Waals surface area (Å²) in [4.78, 5) is 31.4. The molecule has 2 aromatic carbocycles. The van der Waals surface area contributed by atoms with E-state index in [1.165, 1.54) is 0 Å². The highest BCUT2D eigenvalue weighted by Gasteiger charge is 2.49. The number of aromatic nitrogens is 3. The number of hydrogen-bond acceptors (Lipinski definition) is 8. The van der Waals surface area contributed by atoms with Gasteiger partial charge in [0, 0.05) is 39.2 Å². The fraction of sp³-hybridized carbons (Fsp3) is 0.500. The summed E-state index contributed by atoms with van der Waals surface area (Å²) in [5.41, 5.74) is 1.13. The van der Waals surface area contributed by atoms with E-state index in [-0.39, 0.29) is 25.3 Å². The van der Waals surface area contributed by atoms with E-state index in [4.69, 9.17) is 19.4 Å². The Morgan fingerprint density at radius 1 is 1.11 bits per heavy atom. The molecule has 6 bridgehead atoms. The number of aryl methyl sites for hydroxylation is 1. The lowest BCUT2D eigenvalue weighted by Crippen LogP contribution is -2.57. The number of pyridine rings is 1. The summed E-state index contributed by atoms with van der Waals surface area (Å²) in [5.74, 6) is -0.0365. The lowest BCUT2D eigenvalue weighted by Gasteiger charge is -2.41. The van der Waals surface area contributed by atoms with Crippen molar-refractivity contribution in [1.29, 1.82) is 0 Å². The second-order valence-electron chi connectivity index (χ2n) is 14.0. The summed E-state index contributed by atoms with van der Waals surface area (Å²) >= 11 is 0. The summed E-state index contributed by atoms with van der Waals surface area (Å²) in [5, 5.41) is 5.50. The molecule has 4 aromatic rings. The minimum Gasteiger partial charge on any atom is -0.461 e. The van der Waals surface area contributed by atoms with E-state index >= 15 is 4.39 Å². The molecule has 9 nitrogen and oxygen atoms in total. The lowest BCUT2D eigenvalue weighted by molar-refractivity contribution is 0.107. The first-order valence-electron chi connectivity index (χ1n) is 16.9. The molecule has 3 fully saturated rings. The number of amides is 1. The molecule has 1 N–H and O–H groups in total. The summed E-state index contributed by atoms with van der Waals surface area (Å²) in [6.45, 7) is 4.87. The average Bonchev–Trinajstić information content (AvgIpc) is 3.58. The standard InChI is InChI=1S/C36H40F2N6O3.H2/c1-35-13-6-15-43(21-35)32-27-19-39-30(26-12-5-11-24-10-4-9-23(28(24)26)8-2-3-17-46-34(45)42-35)29(38)31(27)40-33(41-32)47-22-36-14-7-16-44(36)20-25(37)18-36;/h4-5,9-12,19,25H,2-3,6-8,13-18,20-22H2,1H3,(H,42,45);1H/t25-,35-,36+;/m1./s1. The van der Waals surface area contributed by atoms with Gasteiger partial charge in [-0.05, 0) is 74.8 Å². The van der Waals surface area contributed by atoms with Gasteiger partial charge in [0.2, 0.25) is 0 Å². The highest BCUT2D eigenvalue weighted by atomic mass is 19.1. The van der Waals surface area contributed by atoms with Crippen LogP contribution < -0.4 is 15.0 Å². The van der Waals surface area contributed by atoms with Gasteiger partial charge in [-0.2, -0.15) is 9.97 Å². The second-order valence-corrected chi connectivity index (χ2v) is 14.0. The van der Waals surface area contributed by atoms with Crippen LogP contribution in [0.2, 0.25) is 0 Å². The fourth-order valence-corrected chi connectivity index (χ4v) is 8.37. The molecule has 3 atom stereocenters. The van der Waals surface area contributed by atoms with Crippen molar-refractivity contribution in [3.8, 4) is 17.3 Å². The number of anilines is 1. The zero-order chi connectivity index (χ0) is 32.2. The van der Waals surface area contributed by atoms with E-state index in [0.29, 0.717) is 55.9 Å². The Balaban J connectivity index is 0.00000364. The van der Waals surface area contributed by atoms with Crippen LogP contribution >= 0.6 is 0 Å². The third-order valence-corrected chi connectivity index (χ3v) is 10.6. The number of hydrogen-bond donors (Lipinski definition) is 1. The number of nitrogens with zero attached hydrogens (tertiary/aromatic N) is 5. The molecule has 0 unspecified atom stereocenters. The van der Waals surface area contributed by atoms with Crippen LogP contribution in [0, 0.1) is 5.82 Å². The molecule has 5 aliphatic heterocycles. The van der Waals surface area contributed by atoms with Gasteiger partial charge in [-0.25, -0.2) is 13.6 Å². The number of halogens is 2. The normalized spacial score (nSPS) is 26.7. The molecule has 11 heteroatoms. The van der Waals surface area contributed by atoms with Crippen LogP contribution in [0.15, 0.2) is 42.6 Å². The van der Waals surface area contributed by atoms with Gasteiger partial charge in [-0.3, -0.25) is 9.88 Å². The van der Waals surface area contributed by atoms with Gasteiger partial charge in [-0.1, -0.05) is 36.4 Å². The zero-order valence-electron chi connectivity index (χ0n) is 26.7. The number of rotatable bonds is 3. The number of carbonyl (C=O) groups excluding carboxylic acids is 1. The predicted octanol–water partition coefficient (Wildman–Crippen LogP) is 6.61. The number of carbonyl (C=O) groups is 1. The third kappa shape index (κ3) is 5.52. The van der Waals surface area contributed by atoms with Gasteiger partial charge in [-0.15, -0.1) is 0 Å².